The minimum Gasteiger partial charge on any atom is -0.491 e. The van der Waals surface area contributed by atoms with Gasteiger partial charge in [-0.2, -0.15) is 0 Å². The van der Waals surface area contributed by atoms with Crippen molar-refractivity contribution in [2.45, 2.75) is 32.5 Å². The van der Waals surface area contributed by atoms with Crippen LogP contribution in [0.1, 0.15) is 25.7 Å². The van der Waals surface area contributed by atoms with Crippen LogP contribution in [-0.4, -0.2) is 33.3 Å². The summed E-state index contributed by atoms with van der Waals surface area (Å²) >= 11 is 5.86. The predicted molar refractivity (Wildman–Crippen MR) is 105 cm³/mol. The number of para-hydroxylation sites is 2. The van der Waals surface area contributed by atoms with Crippen molar-refractivity contribution in [1.82, 2.24) is 14.9 Å². The van der Waals surface area contributed by atoms with Crippen molar-refractivity contribution < 1.29 is 14.6 Å². The van der Waals surface area contributed by atoms with Crippen LogP contribution in [0, 0.1) is 0 Å². The summed E-state index contributed by atoms with van der Waals surface area (Å²) in [6.07, 6.45) is -0.749. The second-order valence-electron chi connectivity index (χ2n) is 6.41. The Kier molecular flexibility index (Phi) is 5.98. The monoisotopic (exact) mass is 387 g/mol. The van der Waals surface area contributed by atoms with E-state index in [1.807, 2.05) is 35.8 Å². The molecule has 27 heavy (non-hydrogen) atoms. The largest absolute Gasteiger partial charge is 0.491 e. The number of halogens is 1. The predicted octanol–water partition coefficient (Wildman–Crippen LogP) is 3.33. The number of imidazole rings is 1. The standard InChI is InChI=1S/C20H22ClN3O3/c1-13(22-14(2)25)20-23-18-5-3-4-6-19(18)24(20)11-16(26)12-27-17-9-7-15(21)8-10-17/h3-10,13,16,26H,11-12H2,1-2H3,(H,22,25)/t13-,16+/m0/s1. The molecule has 1 heterocycles. The smallest absolute Gasteiger partial charge is 0.217 e. The third-order valence-electron chi connectivity index (χ3n) is 4.14. The Morgan fingerprint density at radius 3 is 2.67 bits per heavy atom. The lowest BCUT2D eigenvalue weighted by atomic mass is 10.2. The normalized spacial score (nSPS) is 13.3. The number of carbonyl (C=O) groups is 1. The fourth-order valence-corrected chi connectivity index (χ4v) is 3.10. The van der Waals surface area contributed by atoms with Gasteiger partial charge in [-0.15, -0.1) is 0 Å². The maximum absolute atomic E-state index is 11.4. The van der Waals surface area contributed by atoms with Gasteiger partial charge in [0.2, 0.25) is 5.91 Å². The number of ether oxygens (including phenoxy) is 1. The lowest BCUT2D eigenvalue weighted by molar-refractivity contribution is -0.119. The van der Waals surface area contributed by atoms with Crippen molar-refractivity contribution in [2.24, 2.45) is 0 Å². The number of aliphatic hydroxyl groups excluding tert-OH is 1. The van der Waals surface area contributed by atoms with E-state index in [0.29, 0.717) is 23.1 Å². The molecule has 0 unspecified atom stereocenters. The highest BCUT2D eigenvalue weighted by molar-refractivity contribution is 6.30. The zero-order valence-electron chi connectivity index (χ0n) is 15.2. The summed E-state index contributed by atoms with van der Waals surface area (Å²) in [5, 5.41) is 14.0. The third-order valence-corrected chi connectivity index (χ3v) is 4.39. The molecule has 0 fully saturated rings. The van der Waals surface area contributed by atoms with Crippen LogP contribution in [0.2, 0.25) is 5.02 Å². The molecule has 0 saturated carbocycles. The summed E-state index contributed by atoms with van der Waals surface area (Å²) in [6.45, 7) is 3.77. The quantitative estimate of drug-likeness (QED) is 0.652. The zero-order valence-corrected chi connectivity index (χ0v) is 16.0. The molecule has 2 atom stereocenters. The molecule has 0 aliphatic carbocycles. The van der Waals surface area contributed by atoms with Crippen LogP contribution in [0.15, 0.2) is 48.5 Å². The summed E-state index contributed by atoms with van der Waals surface area (Å²) in [4.78, 5) is 16.1. The fraction of sp³-hybridized carbons (Fsp3) is 0.300. The highest BCUT2D eigenvalue weighted by Crippen LogP contribution is 2.22. The summed E-state index contributed by atoms with van der Waals surface area (Å²) in [5.41, 5.74) is 1.71. The number of amides is 1. The van der Waals surface area contributed by atoms with Gasteiger partial charge in [-0.05, 0) is 43.3 Å². The molecular weight excluding hydrogens is 366 g/mol. The molecule has 142 valence electrons. The summed E-state index contributed by atoms with van der Waals surface area (Å²) < 4.78 is 7.56. The van der Waals surface area contributed by atoms with Gasteiger partial charge in [-0.25, -0.2) is 4.98 Å². The summed E-state index contributed by atoms with van der Waals surface area (Å²) in [5.74, 6) is 1.20. The van der Waals surface area contributed by atoms with Gasteiger partial charge in [0, 0.05) is 11.9 Å². The number of hydrogen-bond donors (Lipinski definition) is 2. The number of rotatable bonds is 7. The Morgan fingerprint density at radius 1 is 1.26 bits per heavy atom. The molecular formula is C20H22ClN3O3. The van der Waals surface area contributed by atoms with Crippen LogP contribution in [0.25, 0.3) is 11.0 Å². The molecule has 0 spiro atoms. The molecule has 0 bridgehead atoms. The number of fused-ring (bicyclic) bond motifs is 1. The second-order valence-corrected chi connectivity index (χ2v) is 6.85. The van der Waals surface area contributed by atoms with E-state index in [0.717, 1.165) is 11.0 Å². The first kappa shape index (κ1) is 19.2. The van der Waals surface area contributed by atoms with Gasteiger partial charge in [-0.1, -0.05) is 23.7 Å². The van der Waals surface area contributed by atoms with Gasteiger partial charge in [-0.3, -0.25) is 4.79 Å². The van der Waals surface area contributed by atoms with Gasteiger partial charge in [0.25, 0.3) is 0 Å². The Balaban J connectivity index is 1.77. The van der Waals surface area contributed by atoms with Crippen LogP contribution < -0.4 is 10.1 Å². The minimum absolute atomic E-state index is 0.127. The number of aliphatic hydroxyl groups is 1. The van der Waals surface area contributed by atoms with Crippen LogP contribution in [0.5, 0.6) is 5.75 Å². The molecule has 0 aliphatic rings. The third kappa shape index (κ3) is 4.78. The first-order valence-corrected chi connectivity index (χ1v) is 9.10. The molecule has 1 aromatic heterocycles. The topological polar surface area (TPSA) is 76.4 Å². The van der Waals surface area contributed by atoms with E-state index in [2.05, 4.69) is 10.3 Å². The van der Waals surface area contributed by atoms with Crippen molar-refractivity contribution in [1.29, 1.82) is 0 Å². The molecule has 2 N–H and O–H groups in total. The van der Waals surface area contributed by atoms with Crippen molar-refractivity contribution >= 4 is 28.5 Å². The van der Waals surface area contributed by atoms with Crippen LogP contribution in [0.3, 0.4) is 0 Å². The fourth-order valence-electron chi connectivity index (χ4n) is 2.97. The molecule has 0 saturated heterocycles. The van der Waals surface area contributed by atoms with Gasteiger partial charge in [0.05, 0.1) is 23.6 Å². The first-order valence-electron chi connectivity index (χ1n) is 8.72. The average Bonchev–Trinajstić information content (AvgIpc) is 2.99. The number of benzene rings is 2. The van der Waals surface area contributed by atoms with E-state index in [1.54, 1.807) is 24.3 Å². The van der Waals surface area contributed by atoms with E-state index in [-0.39, 0.29) is 18.6 Å². The van der Waals surface area contributed by atoms with Crippen LogP contribution in [-0.2, 0) is 11.3 Å². The highest BCUT2D eigenvalue weighted by Gasteiger charge is 2.19. The number of hydrogen-bond acceptors (Lipinski definition) is 4. The van der Waals surface area contributed by atoms with E-state index in [1.165, 1.54) is 6.92 Å². The Labute approximate surface area is 162 Å². The zero-order chi connectivity index (χ0) is 19.4. The number of aromatic nitrogens is 2. The average molecular weight is 388 g/mol. The number of carbonyl (C=O) groups excluding carboxylic acids is 1. The van der Waals surface area contributed by atoms with Crippen LogP contribution >= 0.6 is 11.6 Å². The Morgan fingerprint density at radius 2 is 1.96 bits per heavy atom. The van der Waals surface area contributed by atoms with Crippen molar-refractivity contribution in [3.05, 3.63) is 59.4 Å². The van der Waals surface area contributed by atoms with Crippen molar-refractivity contribution in [2.75, 3.05) is 6.61 Å². The summed E-state index contributed by atoms with van der Waals surface area (Å²) in [7, 11) is 0. The summed E-state index contributed by atoms with van der Waals surface area (Å²) in [6, 6.07) is 14.4. The van der Waals surface area contributed by atoms with E-state index < -0.39 is 6.10 Å². The van der Waals surface area contributed by atoms with Crippen LogP contribution in [0.4, 0.5) is 0 Å². The lowest BCUT2D eigenvalue weighted by Crippen LogP contribution is -2.29. The number of nitrogens with one attached hydrogen (secondary N) is 1. The van der Waals surface area contributed by atoms with Gasteiger partial charge in [0.1, 0.15) is 24.3 Å². The lowest BCUT2D eigenvalue weighted by Gasteiger charge is -2.18. The van der Waals surface area contributed by atoms with E-state index in [4.69, 9.17) is 16.3 Å². The van der Waals surface area contributed by atoms with E-state index >= 15 is 0 Å². The SMILES string of the molecule is CC(=O)N[C@@H](C)c1nc2ccccc2n1C[C@@H](O)COc1ccc(Cl)cc1. The van der Waals surface area contributed by atoms with Crippen molar-refractivity contribution in [3.8, 4) is 5.75 Å². The van der Waals surface area contributed by atoms with Gasteiger partial charge < -0.3 is 19.7 Å². The maximum Gasteiger partial charge on any atom is 0.217 e. The highest BCUT2D eigenvalue weighted by atomic mass is 35.5. The van der Waals surface area contributed by atoms with Crippen molar-refractivity contribution in [3.63, 3.8) is 0 Å². The number of nitrogens with zero attached hydrogens (tertiary/aromatic N) is 2. The maximum atomic E-state index is 11.4. The molecule has 6 nitrogen and oxygen atoms in total. The minimum atomic E-state index is -0.749. The molecule has 0 aliphatic heterocycles. The Hall–Kier alpha value is -2.57. The first-order chi connectivity index (χ1) is 12.9. The Bertz CT molecular complexity index is 924. The molecule has 7 heteroatoms. The molecule has 3 aromatic rings. The van der Waals surface area contributed by atoms with E-state index in [9.17, 15) is 9.90 Å². The molecule has 3 rings (SSSR count). The molecule has 2 aromatic carbocycles. The van der Waals surface area contributed by atoms with Gasteiger partial charge in [0.15, 0.2) is 0 Å². The molecule has 0 radical (unpaired) electrons. The molecule has 1 amide bonds. The van der Waals surface area contributed by atoms with Gasteiger partial charge >= 0.3 is 0 Å². The second kappa shape index (κ2) is 8.41.